The minimum atomic E-state index is -0.391. The standard InChI is InChI=1S/C20H19N5O2/c1-3-24(4-2)18-10-9-14(12-19(18)25(26)27)11-15(13-21)20-22-16-7-5-6-8-17(16)23-20/h5-12H,3-4H2,1-2H3,(H,22,23)/b15-11+. The molecule has 0 amide bonds. The van der Waals surface area contributed by atoms with Gasteiger partial charge in [-0.1, -0.05) is 18.2 Å². The number of hydrogen-bond acceptors (Lipinski definition) is 5. The van der Waals surface area contributed by atoms with Crippen LogP contribution in [0.25, 0.3) is 22.7 Å². The number of allylic oxidation sites excluding steroid dienone is 1. The number of nitrogens with zero attached hydrogens (tertiary/aromatic N) is 4. The first-order chi connectivity index (χ1) is 13.1. The van der Waals surface area contributed by atoms with Crippen molar-refractivity contribution in [3.05, 3.63) is 64.0 Å². The van der Waals surface area contributed by atoms with Crippen LogP contribution in [0.1, 0.15) is 25.2 Å². The van der Waals surface area contributed by atoms with Crippen LogP contribution < -0.4 is 4.90 Å². The van der Waals surface area contributed by atoms with Crippen molar-refractivity contribution in [2.75, 3.05) is 18.0 Å². The number of hydrogen-bond donors (Lipinski definition) is 1. The summed E-state index contributed by atoms with van der Waals surface area (Å²) in [5.41, 5.74) is 3.08. The number of nitriles is 1. The summed E-state index contributed by atoms with van der Waals surface area (Å²) in [5, 5.41) is 21.1. The molecule has 0 atom stereocenters. The molecule has 0 spiro atoms. The maximum atomic E-state index is 11.5. The molecule has 0 fully saturated rings. The zero-order chi connectivity index (χ0) is 19.4. The van der Waals surface area contributed by atoms with Gasteiger partial charge in [-0.15, -0.1) is 0 Å². The third-order valence-corrected chi connectivity index (χ3v) is 4.38. The van der Waals surface area contributed by atoms with Gasteiger partial charge in [-0.25, -0.2) is 4.98 Å². The summed E-state index contributed by atoms with van der Waals surface area (Å²) < 4.78 is 0. The van der Waals surface area contributed by atoms with Gasteiger partial charge in [0.1, 0.15) is 17.6 Å². The summed E-state index contributed by atoms with van der Waals surface area (Å²) in [7, 11) is 0. The van der Waals surface area contributed by atoms with Crippen LogP contribution in [0.4, 0.5) is 11.4 Å². The lowest BCUT2D eigenvalue weighted by atomic mass is 10.1. The molecule has 0 unspecified atom stereocenters. The molecule has 7 heteroatoms. The van der Waals surface area contributed by atoms with Crippen molar-refractivity contribution in [2.45, 2.75) is 13.8 Å². The first-order valence-corrected chi connectivity index (χ1v) is 8.67. The summed E-state index contributed by atoms with van der Waals surface area (Å²) in [6, 6.07) is 14.6. The molecule has 0 bridgehead atoms. The number of para-hydroxylation sites is 2. The average molecular weight is 361 g/mol. The number of aromatic nitrogens is 2. The number of nitro benzene ring substituents is 1. The number of benzene rings is 2. The molecule has 3 aromatic rings. The van der Waals surface area contributed by atoms with Crippen molar-refractivity contribution >= 4 is 34.1 Å². The third-order valence-electron chi connectivity index (χ3n) is 4.38. The van der Waals surface area contributed by atoms with Crippen LogP contribution in [0.5, 0.6) is 0 Å². The average Bonchev–Trinajstić information content (AvgIpc) is 3.11. The molecule has 1 N–H and O–H groups in total. The van der Waals surface area contributed by atoms with Crippen LogP contribution in [0, 0.1) is 21.4 Å². The molecule has 0 aliphatic rings. The van der Waals surface area contributed by atoms with Gasteiger partial charge in [-0.3, -0.25) is 10.1 Å². The van der Waals surface area contributed by atoms with Crippen LogP contribution in [-0.4, -0.2) is 28.0 Å². The largest absolute Gasteiger partial charge is 0.367 e. The van der Waals surface area contributed by atoms with Crippen molar-refractivity contribution in [2.24, 2.45) is 0 Å². The van der Waals surface area contributed by atoms with E-state index < -0.39 is 4.92 Å². The first-order valence-electron chi connectivity index (χ1n) is 8.67. The van der Waals surface area contributed by atoms with Crippen LogP contribution in [0.15, 0.2) is 42.5 Å². The zero-order valence-corrected chi connectivity index (χ0v) is 15.1. The molecule has 1 aromatic heterocycles. The van der Waals surface area contributed by atoms with Crippen molar-refractivity contribution in [3.8, 4) is 6.07 Å². The Morgan fingerprint density at radius 2 is 2.04 bits per heavy atom. The number of nitro groups is 1. The van der Waals surface area contributed by atoms with E-state index in [1.54, 1.807) is 18.2 Å². The molecule has 2 aromatic carbocycles. The molecule has 0 saturated heterocycles. The summed E-state index contributed by atoms with van der Waals surface area (Å²) >= 11 is 0. The first kappa shape index (κ1) is 18.1. The van der Waals surface area contributed by atoms with Gasteiger partial charge in [-0.05, 0) is 43.7 Å². The monoisotopic (exact) mass is 361 g/mol. The van der Waals surface area contributed by atoms with E-state index in [1.165, 1.54) is 6.07 Å². The van der Waals surface area contributed by atoms with E-state index >= 15 is 0 Å². The fraction of sp³-hybridized carbons (Fsp3) is 0.200. The number of anilines is 1. The van der Waals surface area contributed by atoms with Crippen molar-refractivity contribution < 1.29 is 4.92 Å². The minimum absolute atomic E-state index is 0.0225. The highest BCUT2D eigenvalue weighted by Crippen LogP contribution is 2.30. The molecule has 3 rings (SSSR count). The number of aromatic amines is 1. The number of H-pyrrole nitrogens is 1. The molecule has 0 radical (unpaired) electrons. The van der Waals surface area contributed by atoms with Crippen molar-refractivity contribution in [3.63, 3.8) is 0 Å². The Balaban J connectivity index is 2.05. The summed E-state index contributed by atoms with van der Waals surface area (Å²) in [6.45, 7) is 5.26. The van der Waals surface area contributed by atoms with Crippen LogP contribution in [-0.2, 0) is 0 Å². The smallest absolute Gasteiger partial charge is 0.293 e. The number of fused-ring (bicyclic) bond motifs is 1. The molecule has 7 nitrogen and oxygen atoms in total. The van der Waals surface area contributed by atoms with Crippen LogP contribution in [0.3, 0.4) is 0 Å². The highest BCUT2D eigenvalue weighted by molar-refractivity contribution is 5.90. The van der Waals surface area contributed by atoms with Gasteiger partial charge in [-0.2, -0.15) is 5.26 Å². The second kappa shape index (κ2) is 7.70. The molecule has 0 aliphatic heterocycles. The second-order valence-electron chi connectivity index (χ2n) is 5.95. The summed E-state index contributed by atoms with van der Waals surface area (Å²) in [4.78, 5) is 20.6. The van der Waals surface area contributed by atoms with Gasteiger partial charge in [0.05, 0.1) is 21.5 Å². The van der Waals surface area contributed by atoms with E-state index in [4.69, 9.17) is 0 Å². The Kier molecular flexibility index (Phi) is 5.18. The number of rotatable bonds is 6. The molecule has 136 valence electrons. The Bertz CT molecular complexity index is 1020. The normalized spacial score (nSPS) is 11.4. The van der Waals surface area contributed by atoms with E-state index in [-0.39, 0.29) is 5.69 Å². The van der Waals surface area contributed by atoms with Crippen LogP contribution in [0.2, 0.25) is 0 Å². The van der Waals surface area contributed by atoms with Crippen molar-refractivity contribution in [1.29, 1.82) is 5.26 Å². The zero-order valence-electron chi connectivity index (χ0n) is 15.1. The lowest BCUT2D eigenvalue weighted by molar-refractivity contribution is -0.384. The van der Waals surface area contributed by atoms with E-state index in [1.807, 2.05) is 43.0 Å². The Morgan fingerprint density at radius 3 is 2.67 bits per heavy atom. The quantitative estimate of drug-likeness (QED) is 0.399. The third kappa shape index (κ3) is 3.65. The van der Waals surface area contributed by atoms with Gasteiger partial charge < -0.3 is 9.88 Å². The lowest BCUT2D eigenvalue weighted by Gasteiger charge is -2.20. The van der Waals surface area contributed by atoms with Gasteiger partial charge in [0, 0.05) is 19.2 Å². The van der Waals surface area contributed by atoms with E-state index in [9.17, 15) is 15.4 Å². The van der Waals surface area contributed by atoms with Gasteiger partial charge in [0.15, 0.2) is 0 Å². The molecule has 0 aliphatic carbocycles. The van der Waals surface area contributed by atoms with Crippen LogP contribution >= 0.6 is 0 Å². The maximum Gasteiger partial charge on any atom is 0.293 e. The molecule has 1 heterocycles. The molecule has 0 saturated carbocycles. The highest BCUT2D eigenvalue weighted by atomic mass is 16.6. The van der Waals surface area contributed by atoms with Gasteiger partial charge in [0.25, 0.3) is 5.69 Å². The SMILES string of the molecule is CCN(CC)c1ccc(/C=C(\C#N)c2nc3ccccc3[nH]2)cc1[N+](=O)[O-]. The fourth-order valence-electron chi connectivity index (χ4n) is 3.01. The van der Waals surface area contributed by atoms with E-state index in [2.05, 4.69) is 16.0 Å². The second-order valence-corrected chi connectivity index (χ2v) is 5.95. The predicted octanol–water partition coefficient (Wildman–Crippen LogP) is 4.38. The Hall–Kier alpha value is -3.66. The molecular weight excluding hydrogens is 342 g/mol. The molecular formula is C20H19N5O2. The van der Waals surface area contributed by atoms with E-state index in [0.717, 1.165) is 11.0 Å². The highest BCUT2D eigenvalue weighted by Gasteiger charge is 2.18. The Morgan fingerprint density at radius 1 is 1.30 bits per heavy atom. The summed E-state index contributed by atoms with van der Waals surface area (Å²) in [5.74, 6) is 0.439. The Labute approximate surface area is 156 Å². The van der Waals surface area contributed by atoms with Gasteiger partial charge >= 0.3 is 0 Å². The summed E-state index contributed by atoms with van der Waals surface area (Å²) in [6.07, 6.45) is 1.61. The maximum absolute atomic E-state index is 11.5. The van der Waals surface area contributed by atoms with Gasteiger partial charge in [0.2, 0.25) is 0 Å². The topological polar surface area (TPSA) is 98.8 Å². The lowest BCUT2D eigenvalue weighted by Crippen LogP contribution is -2.22. The fourth-order valence-corrected chi connectivity index (χ4v) is 3.01. The number of imidazole rings is 1. The predicted molar refractivity (Wildman–Crippen MR) is 106 cm³/mol. The number of nitrogens with one attached hydrogen (secondary N) is 1. The van der Waals surface area contributed by atoms with Crippen molar-refractivity contribution in [1.82, 2.24) is 9.97 Å². The minimum Gasteiger partial charge on any atom is -0.367 e. The van der Waals surface area contributed by atoms with E-state index in [0.29, 0.717) is 35.7 Å². The molecule has 27 heavy (non-hydrogen) atoms.